The third-order valence-electron chi connectivity index (χ3n) is 5.51. The topological polar surface area (TPSA) is 62.2 Å². The number of hydrogen-bond acceptors (Lipinski definition) is 5. The van der Waals surface area contributed by atoms with Gasteiger partial charge >= 0.3 is 0 Å². The van der Waals surface area contributed by atoms with Gasteiger partial charge in [0.25, 0.3) is 5.91 Å². The van der Waals surface area contributed by atoms with Crippen molar-refractivity contribution in [3.63, 3.8) is 0 Å². The molecule has 0 aromatic heterocycles. The van der Waals surface area contributed by atoms with Crippen molar-refractivity contribution in [2.45, 2.75) is 37.8 Å². The van der Waals surface area contributed by atoms with E-state index >= 15 is 0 Å². The quantitative estimate of drug-likeness (QED) is 0.880. The van der Waals surface area contributed by atoms with Crippen LogP contribution in [0.4, 0.5) is 0 Å². The van der Waals surface area contributed by atoms with Crippen molar-refractivity contribution < 1.29 is 19.4 Å². The fraction of sp³-hybridized carbons (Fsp3) is 0.632. The van der Waals surface area contributed by atoms with Crippen LogP contribution in [0.25, 0.3) is 0 Å². The number of ether oxygens (including phenoxy) is 2. The molecule has 1 aromatic carbocycles. The average molecular weight is 346 g/mol. The summed E-state index contributed by atoms with van der Waals surface area (Å²) >= 11 is 0. The Hall–Kier alpha value is -1.79. The first-order valence-electron chi connectivity index (χ1n) is 9.33. The van der Waals surface area contributed by atoms with Crippen LogP contribution in [0.5, 0.6) is 11.5 Å². The maximum atomic E-state index is 12.8. The van der Waals surface area contributed by atoms with Gasteiger partial charge in [-0.3, -0.25) is 9.69 Å². The van der Waals surface area contributed by atoms with Crippen LogP contribution in [0.15, 0.2) is 18.2 Å². The number of hydrogen-bond donors (Lipinski definition) is 1. The molecule has 1 N–H and O–H groups in total. The molecular weight excluding hydrogens is 320 g/mol. The van der Waals surface area contributed by atoms with E-state index in [2.05, 4.69) is 4.90 Å². The summed E-state index contributed by atoms with van der Waals surface area (Å²) in [5, 5.41) is 10.1. The first-order valence-corrected chi connectivity index (χ1v) is 9.33. The van der Waals surface area contributed by atoms with Crippen LogP contribution in [0.3, 0.4) is 0 Å². The van der Waals surface area contributed by atoms with Gasteiger partial charge in [0.05, 0.1) is 19.3 Å². The molecule has 1 aromatic rings. The second-order valence-electron chi connectivity index (χ2n) is 7.11. The fourth-order valence-electron chi connectivity index (χ4n) is 4.08. The van der Waals surface area contributed by atoms with Gasteiger partial charge in [0.1, 0.15) is 0 Å². The van der Waals surface area contributed by atoms with E-state index in [1.165, 1.54) is 0 Å². The molecule has 1 saturated carbocycles. The molecule has 6 heteroatoms. The molecule has 1 amide bonds. The van der Waals surface area contributed by atoms with Crippen LogP contribution in [0, 0.1) is 0 Å². The summed E-state index contributed by atoms with van der Waals surface area (Å²) in [4.78, 5) is 17.1. The third kappa shape index (κ3) is 3.46. The highest BCUT2D eigenvalue weighted by molar-refractivity contribution is 5.95. The van der Waals surface area contributed by atoms with E-state index < -0.39 is 0 Å². The zero-order valence-corrected chi connectivity index (χ0v) is 14.5. The predicted molar refractivity (Wildman–Crippen MR) is 93.2 cm³/mol. The highest BCUT2D eigenvalue weighted by atomic mass is 16.5. The van der Waals surface area contributed by atoms with Gasteiger partial charge in [-0.25, -0.2) is 0 Å². The maximum Gasteiger partial charge on any atom is 0.254 e. The number of amides is 1. The molecule has 1 aliphatic carbocycles. The third-order valence-corrected chi connectivity index (χ3v) is 5.51. The van der Waals surface area contributed by atoms with E-state index in [0.29, 0.717) is 43.4 Å². The summed E-state index contributed by atoms with van der Waals surface area (Å²) in [5.74, 6) is 1.42. The average Bonchev–Trinajstić information content (AvgIpc) is 2.93. The van der Waals surface area contributed by atoms with Crippen molar-refractivity contribution in [2.75, 3.05) is 39.4 Å². The molecule has 1 saturated heterocycles. The van der Waals surface area contributed by atoms with Crippen LogP contribution in [-0.4, -0.2) is 72.4 Å². The van der Waals surface area contributed by atoms with Gasteiger partial charge in [-0.2, -0.15) is 0 Å². The highest BCUT2D eigenvalue weighted by Crippen LogP contribution is 2.31. The Morgan fingerprint density at radius 2 is 1.76 bits per heavy atom. The summed E-state index contributed by atoms with van der Waals surface area (Å²) in [6.45, 7) is 4.34. The van der Waals surface area contributed by atoms with Gasteiger partial charge < -0.3 is 19.5 Å². The summed E-state index contributed by atoms with van der Waals surface area (Å²) in [5.41, 5.74) is 0.651. The summed E-state index contributed by atoms with van der Waals surface area (Å²) < 4.78 is 11.3. The summed E-state index contributed by atoms with van der Waals surface area (Å²) in [6.07, 6.45) is 3.72. The van der Waals surface area contributed by atoms with E-state index in [9.17, 15) is 9.90 Å². The second kappa shape index (κ2) is 7.22. The number of nitrogens with zero attached hydrogens (tertiary/aromatic N) is 2. The Kier molecular flexibility index (Phi) is 4.81. The number of fused-ring (bicyclic) bond motifs is 1. The normalized spacial score (nSPS) is 27.2. The molecule has 0 unspecified atom stereocenters. The minimum atomic E-state index is -0.205. The lowest BCUT2D eigenvalue weighted by Crippen LogP contribution is -2.53. The lowest BCUT2D eigenvalue weighted by atomic mass is 10.1. The summed E-state index contributed by atoms with van der Waals surface area (Å²) in [7, 11) is 0. The van der Waals surface area contributed by atoms with Crippen LogP contribution in [0.1, 0.15) is 36.0 Å². The standard InChI is InChI=1S/C19H26N2O4/c22-16-4-1-3-15(16)20-7-9-21(10-8-20)19(23)14-5-6-17-18(13-14)25-12-2-11-24-17/h5-6,13,15-16,22H,1-4,7-12H2/t15-,16+/m0/s1. The molecule has 2 aliphatic heterocycles. The number of aliphatic hydroxyl groups excluding tert-OH is 1. The van der Waals surface area contributed by atoms with Crippen LogP contribution in [0.2, 0.25) is 0 Å². The Bertz CT molecular complexity index is 628. The molecule has 0 radical (unpaired) electrons. The van der Waals surface area contributed by atoms with E-state index in [0.717, 1.165) is 38.8 Å². The zero-order chi connectivity index (χ0) is 17.2. The van der Waals surface area contributed by atoms with E-state index in [1.54, 1.807) is 6.07 Å². The van der Waals surface area contributed by atoms with E-state index in [4.69, 9.17) is 9.47 Å². The Labute approximate surface area is 148 Å². The maximum absolute atomic E-state index is 12.8. The molecule has 2 fully saturated rings. The van der Waals surface area contributed by atoms with Gasteiger partial charge in [-0.15, -0.1) is 0 Å². The number of carbonyl (C=O) groups excluding carboxylic acids is 1. The number of carbonyl (C=O) groups is 1. The zero-order valence-electron chi connectivity index (χ0n) is 14.5. The minimum Gasteiger partial charge on any atom is -0.490 e. The van der Waals surface area contributed by atoms with Gasteiger partial charge in [-0.05, 0) is 37.5 Å². The lowest BCUT2D eigenvalue weighted by molar-refractivity contribution is 0.0315. The molecule has 136 valence electrons. The minimum absolute atomic E-state index is 0.0438. The number of rotatable bonds is 2. The van der Waals surface area contributed by atoms with Crippen LogP contribution >= 0.6 is 0 Å². The first kappa shape index (κ1) is 16.7. The molecule has 0 spiro atoms. The smallest absolute Gasteiger partial charge is 0.254 e. The van der Waals surface area contributed by atoms with E-state index in [1.807, 2.05) is 17.0 Å². The second-order valence-corrected chi connectivity index (χ2v) is 7.11. The number of piperazine rings is 1. The largest absolute Gasteiger partial charge is 0.490 e. The molecule has 4 rings (SSSR count). The number of aliphatic hydroxyl groups is 1. The molecule has 2 heterocycles. The van der Waals surface area contributed by atoms with Crippen molar-refractivity contribution in [3.8, 4) is 11.5 Å². The number of benzene rings is 1. The molecule has 6 nitrogen and oxygen atoms in total. The van der Waals surface area contributed by atoms with Crippen molar-refractivity contribution in [2.24, 2.45) is 0 Å². The molecule has 0 bridgehead atoms. The predicted octanol–water partition coefficient (Wildman–Crippen LogP) is 1.52. The van der Waals surface area contributed by atoms with E-state index in [-0.39, 0.29) is 18.1 Å². The van der Waals surface area contributed by atoms with Gasteiger partial charge in [0.15, 0.2) is 11.5 Å². The summed E-state index contributed by atoms with van der Waals surface area (Å²) in [6, 6.07) is 5.73. The Morgan fingerprint density at radius 3 is 2.48 bits per heavy atom. The molecular formula is C19H26N2O4. The van der Waals surface area contributed by atoms with Crippen molar-refractivity contribution in [3.05, 3.63) is 23.8 Å². The van der Waals surface area contributed by atoms with Crippen LogP contribution < -0.4 is 9.47 Å². The van der Waals surface area contributed by atoms with Crippen LogP contribution in [-0.2, 0) is 0 Å². The van der Waals surface area contributed by atoms with Gasteiger partial charge in [0.2, 0.25) is 0 Å². The monoisotopic (exact) mass is 346 g/mol. The first-order chi connectivity index (χ1) is 12.2. The van der Waals surface area contributed by atoms with Crippen molar-refractivity contribution in [1.82, 2.24) is 9.80 Å². The molecule has 25 heavy (non-hydrogen) atoms. The van der Waals surface area contributed by atoms with Gasteiger partial charge in [-0.1, -0.05) is 0 Å². The van der Waals surface area contributed by atoms with Crippen molar-refractivity contribution >= 4 is 5.91 Å². The van der Waals surface area contributed by atoms with Gasteiger partial charge in [0, 0.05) is 44.2 Å². The molecule has 2 atom stereocenters. The Balaban J connectivity index is 1.40. The SMILES string of the molecule is O=C(c1ccc2c(c1)OCCCO2)N1CCN([C@H]2CCC[C@H]2O)CC1. The lowest BCUT2D eigenvalue weighted by Gasteiger charge is -2.39. The Morgan fingerprint density at radius 1 is 1.00 bits per heavy atom. The highest BCUT2D eigenvalue weighted by Gasteiger charge is 2.33. The molecule has 3 aliphatic rings. The fourth-order valence-corrected chi connectivity index (χ4v) is 4.08. The van der Waals surface area contributed by atoms with Crippen molar-refractivity contribution in [1.29, 1.82) is 0 Å².